The average molecular weight is 496 g/mol. The standard InChI is InChI=1S/C28H30ClNO5/c1-6-33-25(31)13-18-10-11-22(21(29)12-18)30-15-20-24(35-17(4)5)14-19-8-7-9-23(34-16(2)3)26(19)27(20)28(30)32/h7-12,14,16-17H,6,13,15H2,1-5H3. The molecule has 0 saturated heterocycles. The molecule has 0 fully saturated rings. The first kappa shape index (κ1) is 24.9. The van der Waals surface area contributed by atoms with Crippen LogP contribution in [-0.4, -0.2) is 30.7 Å². The SMILES string of the molecule is CCOC(=O)Cc1ccc(N2Cc3c(OC(C)C)cc4cccc(OC(C)C)c4c3C2=O)c(Cl)c1. The molecule has 35 heavy (non-hydrogen) atoms. The minimum atomic E-state index is -0.319. The summed E-state index contributed by atoms with van der Waals surface area (Å²) < 4.78 is 17.2. The summed E-state index contributed by atoms with van der Waals surface area (Å²) >= 11 is 6.62. The highest BCUT2D eigenvalue weighted by Crippen LogP contribution is 2.44. The molecule has 0 aliphatic carbocycles. The Morgan fingerprint density at radius 1 is 1.03 bits per heavy atom. The van der Waals surface area contributed by atoms with Crippen molar-refractivity contribution in [1.82, 2.24) is 0 Å². The average Bonchev–Trinajstić information content (AvgIpc) is 3.11. The molecule has 3 aromatic rings. The summed E-state index contributed by atoms with van der Waals surface area (Å²) in [6, 6.07) is 13.0. The van der Waals surface area contributed by atoms with Crippen LogP contribution >= 0.6 is 11.6 Å². The first-order chi connectivity index (χ1) is 16.7. The molecule has 184 valence electrons. The lowest BCUT2D eigenvalue weighted by molar-refractivity contribution is -0.142. The van der Waals surface area contributed by atoms with Crippen LogP contribution in [0.5, 0.6) is 11.5 Å². The molecule has 1 amide bonds. The van der Waals surface area contributed by atoms with Gasteiger partial charge in [-0.1, -0.05) is 29.8 Å². The van der Waals surface area contributed by atoms with Crippen LogP contribution < -0.4 is 14.4 Å². The van der Waals surface area contributed by atoms with E-state index in [-0.39, 0.29) is 30.5 Å². The fourth-order valence-corrected chi connectivity index (χ4v) is 4.67. The Morgan fingerprint density at radius 3 is 2.40 bits per heavy atom. The molecule has 1 heterocycles. The number of ether oxygens (including phenoxy) is 3. The van der Waals surface area contributed by atoms with Gasteiger partial charge in [0.05, 0.1) is 48.1 Å². The smallest absolute Gasteiger partial charge is 0.310 e. The number of carbonyl (C=O) groups is 2. The van der Waals surface area contributed by atoms with E-state index in [0.29, 0.717) is 40.9 Å². The second kappa shape index (κ2) is 10.2. The van der Waals surface area contributed by atoms with Crippen LogP contribution in [-0.2, 0) is 22.5 Å². The first-order valence-corrected chi connectivity index (χ1v) is 12.2. The largest absolute Gasteiger partial charge is 0.491 e. The Hall–Kier alpha value is -3.25. The highest BCUT2D eigenvalue weighted by Gasteiger charge is 2.35. The number of amides is 1. The van der Waals surface area contributed by atoms with Gasteiger partial charge in [0.25, 0.3) is 5.91 Å². The molecule has 4 rings (SSSR count). The van der Waals surface area contributed by atoms with Crippen LogP contribution in [0.4, 0.5) is 5.69 Å². The number of benzene rings is 3. The van der Waals surface area contributed by atoms with Crippen LogP contribution in [0.2, 0.25) is 5.02 Å². The second-order valence-corrected chi connectivity index (χ2v) is 9.48. The van der Waals surface area contributed by atoms with E-state index in [4.69, 9.17) is 25.8 Å². The van der Waals surface area contributed by atoms with Gasteiger partial charge in [0.15, 0.2) is 0 Å². The number of esters is 1. The Bertz CT molecular complexity index is 1280. The maximum absolute atomic E-state index is 13.9. The highest BCUT2D eigenvalue weighted by molar-refractivity contribution is 6.34. The van der Waals surface area contributed by atoms with Crippen LogP contribution in [0.3, 0.4) is 0 Å². The quantitative estimate of drug-likeness (QED) is 0.341. The molecule has 6 nitrogen and oxygen atoms in total. The lowest BCUT2D eigenvalue weighted by atomic mass is 9.98. The van der Waals surface area contributed by atoms with Gasteiger partial charge in [0, 0.05) is 10.9 Å². The Balaban J connectivity index is 1.79. The van der Waals surface area contributed by atoms with Crippen molar-refractivity contribution in [1.29, 1.82) is 0 Å². The summed E-state index contributed by atoms with van der Waals surface area (Å²) in [5, 5.41) is 2.04. The summed E-state index contributed by atoms with van der Waals surface area (Å²) in [4.78, 5) is 27.4. The van der Waals surface area contributed by atoms with E-state index in [2.05, 4.69) is 0 Å². The van der Waals surface area contributed by atoms with Crippen LogP contribution in [0, 0.1) is 0 Å². The summed E-state index contributed by atoms with van der Waals surface area (Å²) in [7, 11) is 0. The topological polar surface area (TPSA) is 65.1 Å². The van der Waals surface area contributed by atoms with Gasteiger partial charge in [0.2, 0.25) is 0 Å². The number of nitrogens with zero attached hydrogens (tertiary/aromatic N) is 1. The zero-order valence-electron chi connectivity index (χ0n) is 20.7. The number of halogens is 1. The Kier molecular flexibility index (Phi) is 7.22. The van der Waals surface area contributed by atoms with E-state index >= 15 is 0 Å². The van der Waals surface area contributed by atoms with Crippen molar-refractivity contribution in [3.63, 3.8) is 0 Å². The molecular formula is C28H30ClNO5. The van der Waals surface area contributed by atoms with Gasteiger partial charge >= 0.3 is 5.97 Å². The molecule has 0 aromatic heterocycles. The van der Waals surface area contributed by atoms with Gasteiger partial charge in [-0.3, -0.25) is 9.59 Å². The summed E-state index contributed by atoms with van der Waals surface area (Å²) in [6.07, 6.45) is 0.0212. The molecule has 0 saturated carbocycles. The van der Waals surface area contributed by atoms with Crippen molar-refractivity contribution in [2.45, 2.75) is 59.8 Å². The first-order valence-electron chi connectivity index (χ1n) is 11.9. The second-order valence-electron chi connectivity index (χ2n) is 9.07. The molecule has 0 atom stereocenters. The summed E-state index contributed by atoms with van der Waals surface area (Å²) in [5.74, 6) is 0.852. The van der Waals surface area contributed by atoms with Crippen molar-refractivity contribution >= 4 is 39.9 Å². The maximum Gasteiger partial charge on any atom is 0.310 e. The van der Waals surface area contributed by atoms with E-state index in [1.807, 2.05) is 52.0 Å². The predicted molar refractivity (Wildman–Crippen MR) is 138 cm³/mol. The normalized spacial score (nSPS) is 13.0. The number of hydrogen-bond acceptors (Lipinski definition) is 5. The lowest BCUT2D eigenvalue weighted by Crippen LogP contribution is -2.23. The monoisotopic (exact) mass is 495 g/mol. The molecule has 0 spiro atoms. The number of carbonyl (C=O) groups excluding carboxylic acids is 2. The molecule has 0 radical (unpaired) electrons. The number of anilines is 1. The predicted octanol–water partition coefficient (Wildman–Crippen LogP) is 6.33. The fraction of sp³-hybridized carbons (Fsp3) is 0.357. The van der Waals surface area contributed by atoms with Crippen molar-refractivity contribution < 1.29 is 23.8 Å². The molecule has 3 aromatic carbocycles. The highest BCUT2D eigenvalue weighted by atomic mass is 35.5. The van der Waals surface area contributed by atoms with Gasteiger partial charge in [-0.2, -0.15) is 0 Å². The van der Waals surface area contributed by atoms with Crippen molar-refractivity contribution in [2.75, 3.05) is 11.5 Å². The molecule has 7 heteroatoms. The zero-order chi connectivity index (χ0) is 25.3. The number of hydrogen-bond donors (Lipinski definition) is 0. The van der Waals surface area contributed by atoms with Crippen LogP contribution in [0.15, 0.2) is 42.5 Å². The van der Waals surface area contributed by atoms with E-state index in [1.165, 1.54) is 0 Å². The molecule has 0 bridgehead atoms. The Labute approximate surface area is 210 Å². The third kappa shape index (κ3) is 5.08. The van der Waals surface area contributed by atoms with Gasteiger partial charge < -0.3 is 19.1 Å². The minimum absolute atomic E-state index is 0.0446. The van der Waals surface area contributed by atoms with Gasteiger partial charge in [0.1, 0.15) is 11.5 Å². The van der Waals surface area contributed by atoms with Crippen molar-refractivity contribution in [3.05, 3.63) is 64.2 Å². The maximum atomic E-state index is 13.9. The van der Waals surface area contributed by atoms with Crippen LogP contribution in [0.1, 0.15) is 56.1 Å². The van der Waals surface area contributed by atoms with Gasteiger partial charge in [-0.25, -0.2) is 0 Å². The molecule has 1 aliphatic rings. The van der Waals surface area contributed by atoms with Crippen molar-refractivity contribution in [3.8, 4) is 11.5 Å². The fourth-order valence-electron chi connectivity index (χ4n) is 4.36. The molecular weight excluding hydrogens is 466 g/mol. The summed E-state index contributed by atoms with van der Waals surface area (Å²) in [5.41, 5.74) is 2.68. The zero-order valence-corrected chi connectivity index (χ0v) is 21.4. The van der Waals surface area contributed by atoms with E-state index in [0.717, 1.165) is 21.9 Å². The van der Waals surface area contributed by atoms with Gasteiger partial charge in [-0.05, 0) is 69.8 Å². The Morgan fingerprint density at radius 2 is 1.74 bits per heavy atom. The molecule has 0 N–H and O–H groups in total. The summed E-state index contributed by atoms with van der Waals surface area (Å²) in [6.45, 7) is 10.2. The third-order valence-corrected chi connectivity index (χ3v) is 5.95. The van der Waals surface area contributed by atoms with Crippen molar-refractivity contribution in [2.24, 2.45) is 0 Å². The number of fused-ring (bicyclic) bond motifs is 3. The number of rotatable bonds is 8. The third-order valence-electron chi connectivity index (χ3n) is 5.65. The van der Waals surface area contributed by atoms with E-state index < -0.39 is 0 Å². The van der Waals surface area contributed by atoms with Crippen LogP contribution in [0.25, 0.3) is 10.8 Å². The molecule has 0 unspecified atom stereocenters. The van der Waals surface area contributed by atoms with E-state index in [9.17, 15) is 9.59 Å². The lowest BCUT2D eigenvalue weighted by Gasteiger charge is -2.18. The molecule has 1 aliphatic heterocycles. The van der Waals surface area contributed by atoms with E-state index in [1.54, 1.807) is 30.0 Å². The van der Waals surface area contributed by atoms with Gasteiger partial charge in [-0.15, -0.1) is 0 Å². The minimum Gasteiger partial charge on any atom is -0.491 e.